The Morgan fingerprint density at radius 1 is 1.07 bits per heavy atom. The van der Waals surface area contributed by atoms with Crippen LogP contribution in [-0.4, -0.2) is 42.4 Å². The largest absolute Gasteiger partial charge is 0.461 e. The van der Waals surface area contributed by atoms with Crippen LogP contribution in [0.2, 0.25) is 0 Å². The fourth-order valence-corrected chi connectivity index (χ4v) is 2.46. The van der Waals surface area contributed by atoms with Gasteiger partial charge in [-0.05, 0) is 36.5 Å². The molecule has 1 unspecified atom stereocenters. The molecule has 2 atom stereocenters. The summed E-state index contributed by atoms with van der Waals surface area (Å²) in [4.78, 5) is 46.7. The van der Waals surface area contributed by atoms with Gasteiger partial charge in [0.2, 0.25) is 11.8 Å². The first-order valence-electron chi connectivity index (χ1n) is 9.72. The lowest BCUT2D eigenvalue weighted by atomic mass is 10.0. The maximum absolute atomic E-state index is 12.7. The molecule has 0 aliphatic heterocycles. The van der Waals surface area contributed by atoms with Crippen molar-refractivity contribution in [1.29, 1.82) is 0 Å². The molecule has 0 saturated heterocycles. The lowest BCUT2D eigenvalue weighted by molar-refractivity contribution is -0.142. The average molecular weight is 421 g/mol. The molecule has 10 heteroatoms. The highest BCUT2D eigenvalue weighted by Crippen LogP contribution is 2.12. The second-order valence-corrected chi connectivity index (χ2v) is 7.23. The number of amides is 4. The van der Waals surface area contributed by atoms with Gasteiger partial charge in [-0.3, -0.25) is 14.4 Å². The Hall–Kier alpha value is -3.14. The van der Waals surface area contributed by atoms with E-state index in [1.165, 1.54) is 6.92 Å². The highest BCUT2D eigenvalue weighted by atomic mass is 16.5. The molecule has 0 aromatic heterocycles. The number of nitrogens with two attached hydrogens (primary N) is 2. The highest BCUT2D eigenvalue weighted by molar-refractivity contribution is 5.97. The summed E-state index contributed by atoms with van der Waals surface area (Å²) in [5.74, 6) is -1.30. The van der Waals surface area contributed by atoms with Crippen molar-refractivity contribution in [2.45, 2.75) is 52.3 Å². The predicted molar refractivity (Wildman–Crippen MR) is 112 cm³/mol. The van der Waals surface area contributed by atoms with Gasteiger partial charge in [-0.15, -0.1) is 0 Å². The zero-order valence-corrected chi connectivity index (χ0v) is 17.6. The molecule has 0 saturated carbocycles. The Morgan fingerprint density at radius 2 is 1.70 bits per heavy atom. The average Bonchev–Trinajstić information content (AvgIpc) is 2.68. The van der Waals surface area contributed by atoms with Gasteiger partial charge in [0.15, 0.2) is 0 Å². The van der Waals surface area contributed by atoms with Gasteiger partial charge in [0.1, 0.15) is 12.6 Å². The fraction of sp³-hybridized carbons (Fsp3) is 0.500. The molecule has 0 aliphatic rings. The third kappa shape index (κ3) is 9.37. The van der Waals surface area contributed by atoms with Crippen molar-refractivity contribution in [2.24, 2.45) is 17.4 Å². The normalized spacial score (nSPS) is 12.6. The van der Waals surface area contributed by atoms with E-state index in [0.29, 0.717) is 12.1 Å². The van der Waals surface area contributed by atoms with Crippen molar-refractivity contribution in [3.63, 3.8) is 0 Å². The van der Waals surface area contributed by atoms with Crippen molar-refractivity contribution in [2.75, 3.05) is 11.9 Å². The van der Waals surface area contributed by atoms with Gasteiger partial charge in [0.25, 0.3) is 0 Å². The Balaban J connectivity index is 2.75. The quantitative estimate of drug-likeness (QED) is 0.259. The summed E-state index contributed by atoms with van der Waals surface area (Å²) < 4.78 is 4.92. The Labute approximate surface area is 176 Å². The molecule has 0 bridgehead atoms. The van der Waals surface area contributed by atoms with Crippen molar-refractivity contribution in [3.8, 4) is 0 Å². The predicted octanol–water partition coefficient (Wildman–Crippen LogP) is 0.605. The molecule has 1 rings (SSSR count). The number of esters is 1. The Kier molecular flexibility index (Phi) is 10.3. The lowest BCUT2D eigenvalue weighted by Crippen LogP contribution is -2.51. The maximum Gasteiger partial charge on any atom is 0.312 e. The maximum atomic E-state index is 12.7. The van der Waals surface area contributed by atoms with Crippen LogP contribution in [0, 0.1) is 5.92 Å². The summed E-state index contributed by atoms with van der Waals surface area (Å²) in [6, 6.07) is 4.54. The van der Waals surface area contributed by atoms with Crippen molar-refractivity contribution in [3.05, 3.63) is 29.8 Å². The number of rotatable bonds is 11. The number of primary amides is 1. The number of hydrogen-bond acceptors (Lipinski definition) is 6. The zero-order chi connectivity index (χ0) is 22.7. The van der Waals surface area contributed by atoms with Crippen LogP contribution >= 0.6 is 0 Å². The number of carbonyl (C=O) groups is 4. The van der Waals surface area contributed by atoms with E-state index in [4.69, 9.17) is 16.2 Å². The molecule has 0 aliphatic carbocycles. The van der Waals surface area contributed by atoms with E-state index in [1.807, 2.05) is 13.8 Å². The molecular formula is C20H31N5O5. The smallest absolute Gasteiger partial charge is 0.312 e. The molecule has 0 radical (unpaired) electrons. The zero-order valence-electron chi connectivity index (χ0n) is 17.6. The van der Waals surface area contributed by atoms with Gasteiger partial charge < -0.3 is 32.2 Å². The highest BCUT2D eigenvalue weighted by Gasteiger charge is 2.25. The summed E-state index contributed by atoms with van der Waals surface area (Å²) in [6.07, 6.45) is 0.715. The first kappa shape index (κ1) is 24.9. The molecule has 7 N–H and O–H groups in total. The molecule has 0 heterocycles. The van der Waals surface area contributed by atoms with Crippen molar-refractivity contribution < 1.29 is 23.9 Å². The van der Waals surface area contributed by atoms with Gasteiger partial charge in [-0.1, -0.05) is 26.0 Å². The number of urea groups is 1. The standard InChI is InChI=1S/C20H31N5O5/c1-12(2)17(21)19(28)25-16(5-4-10-23-20(22)29)18(27)24-15-8-6-14(7-9-15)11-30-13(3)26/h6-9,12,16-17H,4-5,10-11,21H2,1-3H3,(H,24,27)(H,25,28)(H3,22,23,29)/t16-,17?/m1/s1. The number of nitrogens with one attached hydrogen (secondary N) is 3. The summed E-state index contributed by atoms with van der Waals surface area (Å²) in [6.45, 7) is 5.37. The molecule has 30 heavy (non-hydrogen) atoms. The van der Waals surface area contributed by atoms with E-state index in [1.54, 1.807) is 24.3 Å². The molecular weight excluding hydrogens is 390 g/mol. The third-order valence-electron chi connectivity index (χ3n) is 4.29. The van der Waals surface area contributed by atoms with Crippen LogP contribution in [0.25, 0.3) is 0 Å². The second kappa shape index (κ2) is 12.4. The Morgan fingerprint density at radius 3 is 2.23 bits per heavy atom. The van der Waals surface area contributed by atoms with E-state index < -0.39 is 29.9 Å². The monoisotopic (exact) mass is 421 g/mol. The van der Waals surface area contributed by atoms with Crippen LogP contribution in [0.4, 0.5) is 10.5 Å². The number of carbonyl (C=O) groups excluding carboxylic acids is 4. The summed E-state index contributed by atoms with van der Waals surface area (Å²) in [7, 11) is 0. The van der Waals surface area contributed by atoms with Crippen molar-refractivity contribution in [1.82, 2.24) is 10.6 Å². The number of benzene rings is 1. The van der Waals surface area contributed by atoms with Gasteiger partial charge in [-0.2, -0.15) is 0 Å². The summed E-state index contributed by atoms with van der Waals surface area (Å²) >= 11 is 0. The summed E-state index contributed by atoms with van der Waals surface area (Å²) in [5.41, 5.74) is 12.2. The molecule has 0 spiro atoms. The molecule has 1 aromatic carbocycles. The molecule has 166 valence electrons. The molecule has 0 fully saturated rings. The van der Waals surface area contributed by atoms with Crippen LogP contribution in [0.5, 0.6) is 0 Å². The van der Waals surface area contributed by atoms with E-state index in [9.17, 15) is 19.2 Å². The number of anilines is 1. The van der Waals surface area contributed by atoms with Crippen LogP contribution < -0.4 is 27.4 Å². The van der Waals surface area contributed by atoms with E-state index >= 15 is 0 Å². The van der Waals surface area contributed by atoms with Crippen molar-refractivity contribution >= 4 is 29.5 Å². The van der Waals surface area contributed by atoms with Gasteiger partial charge in [-0.25, -0.2) is 4.79 Å². The van der Waals surface area contributed by atoms with Crippen LogP contribution in [0.1, 0.15) is 39.2 Å². The van der Waals surface area contributed by atoms with Crippen LogP contribution in [-0.2, 0) is 25.7 Å². The van der Waals surface area contributed by atoms with E-state index in [-0.39, 0.29) is 31.5 Å². The van der Waals surface area contributed by atoms with Gasteiger partial charge in [0.05, 0.1) is 6.04 Å². The molecule has 4 amide bonds. The third-order valence-corrected chi connectivity index (χ3v) is 4.29. The fourth-order valence-electron chi connectivity index (χ4n) is 2.46. The first-order chi connectivity index (χ1) is 14.1. The minimum absolute atomic E-state index is 0.0880. The lowest BCUT2D eigenvalue weighted by Gasteiger charge is -2.22. The summed E-state index contributed by atoms with van der Waals surface area (Å²) in [5, 5.41) is 7.86. The number of ether oxygens (including phenoxy) is 1. The minimum Gasteiger partial charge on any atom is -0.461 e. The Bertz CT molecular complexity index is 736. The molecule has 10 nitrogen and oxygen atoms in total. The SMILES string of the molecule is CC(=O)OCc1ccc(NC(=O)[C@@H](CCCNC(N)=O)NC(=O)C(N)C(C)C)cc1. The van der Waals surface area contributed by atoms with Crippen LogP contribution in [0.15, 0.2) is 24.3 Å². The van der Waals surface area contributed by atoms with Gasteiger partial charge in [0, 0.05) is 19.2 Å². The second-order valence-electron chi connectivity index (χ2n) is 7.23. The van der Waals surface area contributed by atoms with E-state index in [0.717, 1.165) is 5.56 Å². The minimum atomic E-state index is -0.835. The van der Waals surface area contributed by atoms with E-state index in [2.05, 4.69) is 16.0 Å². The molecule has 1 aromatic rings. The van der Waals surface area contributed by atoms with Gasteiger partial charge >= 0.3 is 12.0 Å². The number of hydrogen-bond donors (Lipinski definition) is 5. The van der Waals surface area contributed by atoms with Crippen LogP contribution in [0.3, 0.4) is 0 Å². The topological polar surface area (TPSA) is 166 Å². The first-order valence-corrected chi connectivity index (χ1v) is 9.72.